The molecule has 9 heteroatoms. The number of benzene rings is 2. The van der Waals surface area contributed by atoms with Crippen molar-refractivity contribution in [1.29, 1.82) is 0 Å². The van der Waals surface area contributed by atoms with E-state index in [9.17, 15) is 9.18 Å². The molecule has 0 bridgehead atoms. The van der Waals surface area contributed by atoms with Crippen molar-refractivity contribution in [3.8, 4) is 21.7 Å². The minimum absolute atomic E-state index is 0.168. The summed E-state index contributed by atoms with van der Waals surface area (Å²) < 4.78 is 27.1. The zero-order chi connectivity index (χ0) is 26.2. The summed E-state index contributed by atoms with van der Waals surface area (Å²) in [7, 11) is 0. The molecular weight excluding hydrogens is 522 g/mol. The molecular formula is C27H25Cl2FN2O3S. The largest absolute Gasteiger partial charge is 0.464 e. The number of aromatic nitrogens is 2. The fraction of sp³-hybridized carbons (Fsp3) is 0.296. The van der Waals surface area contributed by atoms with Gasteiger partial charge in [0.2, 0.25) is 0 Å². The number of fused-ring (bicyclic) bond motifs is 1. The van der Waals surface area contributed by atoms with Crippen LogP contribution < -0.4 is 0 Å². The molecule has 4 rings (SSSR count). The van der Waals surface area contributed by atoms with Crippen molar-refractivity contribution in [2.45, 2.75) is 46.3 Å². The third-order valence-electron chi connectivity index (χ3n) is 5.35. The molecule has 0 radical (unpaired) electrons. The van der Waals surface area contributed by atoms with Crippen LogP contribution in [0.2, 0.25) is 10.2 Å². The van der Waals surface area contributed by atoms with Crippen LogP contribution >= 0.6 is 34.5 Å². The summed E-state index contributed by atoms with van der Waals surface area (Å²) in [6.45, 7) is 9.52. The molecule has 0 aliphatic carbocycles. The Kier molecular flexibility index (Phi) is 7.67. The van der Waals surface area contributed by atoms with Gasteiger partial charge in [0, 0.05) is 16.1 Å². The first-order chi connectivity index (χ1) is 17.0. The Labute approximate surface area is 223 Å². The molecule has 0 aliphatic rings. The van der Waals surface area contributed by atoms with Gasteiger partial charge in [0.15, 0.2) is 11.9 Å². The number of aryl methyl sites for hydroxylation is 1. The maximum absolute atomic E-state index is 14.7. The summed E-state index contributed by atoms with van der Waals surface area (Å²) in [5, 5.41) is 1.19. The third-order valence-corrected chi connectivity index (χ3v) is 6.93. The second kappa shape index (κ2) is 10.4. The number of halogens is 3. The topological polar surface area (TPSA) is 61.3 Å². The number of rotatable bonds is 6. The summed E-state index contributed by atoms with van der Waals surface area (Å²) in [6, 6.07) is 10.6. The number of hydrogen-bond donors (Lipinski definition) is 0. The van der Waals surface area contributed by atoms with Crippen molar-refractivity contribution in [3.63, 3.8) is 0 Å². The average molecular weight is 547 g/mol. The molecule has 4 aromatic rings. The molecule has 0 amide bonds. The van der Waals surface area contributed by atoms with Crippen molar-refractivity contribution in [3.05, 3.63) is 69.7 Å². The Hall–Kier alpha value is -2.58. The van der Waals surface area contributed by atoms with Crippen LogP contribution in [0.3, 0.4) is 0 Å². The highest BCUT2D eigenvalue weighted by molar-refractivity contribution is 7.22. The molecule has 2 heterocycles. The molecule has 0 saturated carbocycles. The minimum Gasteiger partial charge on any atom is -0.464 e. The van der Waals surface area contributed by atoms with Crippen molar-refractivity contribution >= 4 is 50.7 Å². The molecule has 0 N–H and O–H groups in total. The monoisotopic (exact) mass is 546 g/mol. The highest BCUT2D eigenvalue weighted by Gasteiger charge is 2.33. The van der Waals surface area contributed by atoms with Crippen molar-refractivity contribution in [2.75, 3.05) is 6.61 Å². The molecule has 0 aliphatic heterocycles. The van der Waals surface area contributed by atoms with Crippen molar-refractivity contribution < 1.29 is 18.7 Å². The second-order valence-electron chi connectivity index (χ2n) is 9.21. The Morgan fingerprint density at radius 1 is 1.17 bits per heavy atom. The van der Waals surface area contributed by atoms with Crippen LogP contribution in [0.1, 0.15) is 44.9 Å². The van der Waals surface area contributed by atoms with Gasteiger partial charge in [0.25, 0.3) is 0 Å². The summed E-state index contributed by atoms with van der Waals surface area (Å²) in [5.74, 6) is -1.01. The minimum atomic E-state index is -0.988. The normalized spacial score (nSPS) is 12.7. The fourth-order valence-electron chi connectivity index (χ4n) is 3.94. The van der Waals surface area contributed by atoms with Gasteiger partial charge in [0.05, 0.1) is 34.2 Å². The third kappa shape index (κ3) is 5.54. The predicted molar refractivity (Wildman–Crippen MR) is 143 cm³/mol. The molecule has 1 atom stereocenters. The smallest absolute Gasteiger partial charge is 0.339 e. The summed E-state index contributed by atoms with van der Waals surface area (Å²) in [5.41, 5.74) is 3.32. The number of pyridine rings is 1. The average Bonchev–Trinajstić information content (AvgIpc) is 3.22. The zero-order valence-electron chi connectivity index (χ0n) is 20.5. The van der Waals surface area contributed by atoms with Gasteiger partial charge in [-0.2, -0.15) is 0 Å². The Bertz CT molecular complexity index is 1430. The van der Waals surface area contributed by atoms with Gasteiger partial charge < -0.3 is 9.47 Å². The lowest BCUT2D eigenvalue weighted by Gasteiger charge is -2.29. The number of ether oxygens (including phenoxy) is 2. The summed E-state index contributed by atoms with van der Waals surface area (Å²) >= 11 is 13.5. The number of carbonyl (C=O) groups is 1. The van der Waals surface area contributed by atoms with E-state index >= 15 is 0 Å². The Morgan fingerprint density at radius 3 is 2.50 bits per heavy atom. The lowest BCUT2D eigenvalue weighted by atomic mass is 9.91. The van der Waals surface area contributed by atoms with Crippen LogP contribution in [0, 0.1) is 12.7 Å². The molecule has 1 unspecified atom stereocenters. The van der Waals surface area contributed by atoms with Crippen LogP contribution in [0.5, 0.6) is 0 Å². The van der Waals surface area contributed by atoms with Gasteiger partial charge in [-0.05, 0) is 70.0 Å². The van der Waals surface area contributed by atoms with Crippen molar-refractivity contribution in [2.24, 2.45) is 0 Å². The first-order valence-corrected chi connectivity index (χ1v) is 12.9. The number of carbonyl (C=O) groups excluding carboxylic acids is 1. The van der Waals surface area contributed by atoms with E-state index in [0.29, 0.717) is 21.1 Å². The van der Waals surface area contributed by atoms with Crippen LogP contribution in [0.25, 0.3) is 31.9 Å². The van der Waals surface area contributed by atoms with Crippen LogP contribution in [0.4, 0.5) is 4.39 Å². The van der Waals surface area contributed by atoms with Gasteiger partial charge in [0.1, 0.15) is 10.2 Å². The molecule has 5 nitrogen and oxygen atoms in total. The van der Waals surface area contributed by atoms with Gasteiger partial charge in [-0.25, -0.2) is 19.2 Å². The summed E-state index contributed by atoms with van der Waals surface area (Å²) in [6.07, 6.45) is 0.0896. The van der Waals surface area contributed by atoms with Gasteiger partial charge >= 0.3 is 5.97 Å². The summed E-state index contributed by atoms with van der Waals surface area (Å²) in [4.78, 5) is 21.7. The van der Waals surface area contributed by atoms with Crippen molar-refractivity contribution in [1.82, 2.24) is 9.97 Å². The Balaban J connectivity index is 2.05. The second-order valence-corrected chi connectivity index (χ2v) is 11.0. The molecule has 0 saturated heterocycles. The van der Waals surface area contributed by atoms with Crippen LogP contribution in [0.15, 0.2) is 42.6 Å². The van der Waals surface area contributed by atoms with Crippen LogP contribution in [-0.2, 0) is 14.3 Å². The molecule has 0 spiro atoms. The number of esters is 1. The van der Waals surface area contributed by atoms with E-state index in [0.717, 1.165) is 27.6 Å². The first-order valence-electron chi connectivity index (χ1n) is 11.3. The van der Waals surface area contributed by atoms with E-state index in [-0.39, 0.29) is 17.3 Å². The van der Waals surface area contributed by atoms with Gasteiger partial charge in [-0.3, -0.25) is 0 Å². The SMILES string of the molecule is CCOC(=O)C(OC(C)(C)C)c1c(C)cc2nc(-c3cc(Cl)ncc3F)sc2c1-c1ccc(Cl)cc1. The Morgan fingerprint density at radius 2 is 1.86 bits per heavy atom. The van der Waals surface area contributed by atoms with E-state index in [1.165, 1.54) is 17.4 Å². The van der Waals surface area contributed by atoms with E-state index < -0.39 is 23.5 Å². The van der Waals surface area contributed by atoms with Gasteiger partial charge in [-0.1, -0.05) is 35.3 Å². The highest BCUT2D eigenvalue weighted by atomic mass is 35.5. The van der Waals surface area contributed by atoms with Gasteiger partial charge in [-0.15, -0.1) is 11.3 Å². The van der Waals surface area contributed by atoms with E-state index in [1.807, 2.05) is 45.9 Å². The maximum atomic E-state index is 14.7. The van der Waals surface area contributed by atoms with Crippen LogP contribution in [-0.4, -0.2) is 28.1 Å². The number of thiazole rings is 1. The standard InChI is InChI=1S/C27H25Cl2FN2O3S/c1-6-34-26(33)23(35-27(3,4)5)21-14(2)11-19-24(22(21)15-7-9-16(28)10-8-15)36-25(32-19)17-12-20(29)31-13-18(17)30/h7-13,23H,6H2,1-5H3. The van der Waals surface area contributed by atoms with E-state index in [4.69, 9.17) is 37.7 Å². The molecule has 0 fully saturated rings. The molecule has 2 aromatic heterocycles. The number of hydrogen-bond acceptors (Lipinski definition) is 6. The predicted octanol–water partition coefficient (Wildman–Crippen LogP) is 8.20. The highest BCUT2D eigenvalue weighted by Crippen LogP contribution is 2.45. The molecule has 188 valence electrons. The number of nitrogens with zero attached hydrogens (tertiary/aromatic N) is 2. The lowest BCUT2D eigenvalue weighted by molar-refractivity contribution is -0.166. The lowest BCUT2D eigenvalue weighted by Crippen LogP contribution is -2.29. The van der Waals surface area contributed by atoms with E-state index in [1.54, 1.807) is 19.1 Å². The maximum Gasteiger partial charge on any atom is 0.339 e. The quantitative estimate of drug-likeness (QED) is 0.180. The zero-order valence-corrected chi connectivity index (χ0v) is 22.8. The first kappa shape index (κ1) is 26.5. The fourth-order valence-corrected chi connectivity index (χ4v) is 5.37. The molecule has 36 heavy (non-hydrogen) atoms. The van der Waals surface area contributed by atoms with E-state index in [2.05, 4.69) is 4.98 Å². The molecule has 2 aromatic carbocycles.